The van der Waals surface area contributed by atoms with Crippen LogP contribution in [0.1, 0.15) is 93.9 Å². The maximum absolute atomic E-state index is 2.60. The van der Waals surface area contributed by atoms with Crippen LogP contribution in [0.3, 0.4) is 0 Å². The lowest BCUT2D eigenvalue weighted by atomic mass is 10.1. The molecule has 1 saturated heterocycles. The minimum Gasteiger partial charge on any atom is -0.303 e. The minimum absolute atomic E-state index is 0.687. The molecule has 2 heteroatoms. The number of nitrogens with zero attached hydrogens (tertiary/aromatic N) is 2. The van der Waals surface area contributed by atoms with E-state index in [1.807, 2.05) is 0 Å². The van der Waals surface area contributed by atoms with Gasteiger partial charge in [0.25, 0.3) is 0 Å². The summed E-state index contributed by atoms with van der Waals surface area (Å²) in [5.41, 5.74) is 0. The summed E-state index contributed by atoms with van der Waals surface area (Å²) >= 11 is 0. The molecule has 0 N–H and O–H groups in total. The molecule has 1 heterocycles. The first kappa shape index (κ1) is 23.9. The van der Waals surface area contributed by atoms with Crippen molar-refractivity contribution in [3.63, 3.8) is 0 Å². The molecule has 1 aliphatic heterocycles. The standard InChI is InChI=1S/C12H27N.C10H21N/c1-10(2)8-7-9-13(11(3)4)12(5)6;1-10(2)6-5-9-11-7-3-4-8-11/h10-12H,7-9H2,1-6H3;10H,3-9H2,1-2H3. The summed E-state index contributed by atoms with van der Waals surface area (Å²) in [7, 11) is 0. The van der Waals surface area contributed by atoms with Gasteiger partial charge in [-0.2, -0.15) is 0 Å². The molecule has 0 unspecified atom stereocenters. The van der Waals surface area contributed by atoms with E-state index in [4.69, 9.17) is 0 Å². The van der Waals surface area contributed by atoms with Gasteiger partial charge in [0.2, 0.25) is 0 Å². The molecule has 0 amide bonds. The smallest absolute Gasteiger partial charge is 0.00412 e. The maximum atomic E-state index is 2.60. The van der Waals surface area contributed by atoms with Gasteiger partial charge in [-0.05, 0) is 104 Å². The van der Waals surface area contributed by atoms with Crippen LogP contribution in [0.2, 0.25) is 0 Å². The van der Waals surface area contributed by atoms with E-state index in [1.165, 1.54) is 64.7 Å². The second-order valence-corrected chi connectivity index (χ2v) is 9.05. The third-order valence-electron chi connectivity index (χ3n) is 4.98. The molecular formula is C22H48N2. The molecule has 146 valence electrons. The average molecular weight is 341 g/mol. The van der Waals surface area contributed by atoms with E-state index in [0.717, 1.165) is 11.8 Å². The topological polar surface area (TPSA) is 6.48 Å². The molecule has 0 aromatic heterocycles. The fourth-order valence-electron chi connectivity index (χ4n) is 3.52. The summed E-state index contributed by atoms with van der Waals surface area (Å²) in [5.74, 6) is 1.73. The summed E-state index contributed by atoms with van der Waals surface area (Å²) < 4.78 is 0. The van der Waals surface area contributed by atoms with Gasteiger partial charge >= 0.3 is 0 Å². The van der Waals surface area contributed by atoms with Crippen molar-refractivity contribution in [3.05, 3.63) is 0 Å². The van der Waals surface area contributed by atoms with Crippen LogP contribution >= 0.6 is 0 Å². The van der Waals surface area contributed by atoms with Crippen LogP contribution in [0.25, 0.3) is 0 Å². The third-order valence-corrected chi connectivity index (χ3v) is 4.98. The summed E-state index contributed by atoms with van der Waals surface area (Å²) in [6.07, 6.45) is 8.36. The highest BCUT2D eigenvalue weighted by Crippen LogP contribution is 2.11. The Morgan fingerprint density at radius 3 is 1.58 bits per heavy atom. The third kappa shape index (κ3) is 13.2. The number of hydrogen-bond acceptors (Lipinski definition) is 2. The number of rotatable bonds is 10. The van der Waals surface area contributed by atoms with Crippen molar-refractivity contribution in [2.45, 2.75) is 106 Å². The van der Waals surface area contributed by atoms with Gasteiger partial charge in [0.05, 0.1) is 0 Å². The van der Waals surface area contributed by atoms with E-state index in [9.17, 15) is 0 Å². The zero-order valence-electron chi connectivity index (χ0n) is 18.3. The monoisotopic (exact) mass is 340 g/mol. The second kappa shape index (κ2) is 14.1. The Balaban J connectivity index is 0.000000446. The Morgan fingerprint density at radius 1 is 0.708 bits per heavy atom. The lowest BCUT2D eigenvalue weighted by molar-refractivity contribution is 0.169. The van der Waals surface area contributed by atoms with E-state index in [2.05, 4.69) is 65.2 Å². The Morgan fingerprint density at radius 2 is 1.17 bits per heavy atom. The molecule has 0 saturated carbocycles. The van der Waals surface area contributed by atoms with Crippen molar-refractivity contribution in [3.8, 4) is 0 Å². The molecule has 1 fully saturated rings. The highest BCUT2D eigenvalue weighted by molar-refractivity contribution is 4.67. The quantitative estimate of drug-likeness (QED) is 0.477. The van der Waals surface area contributed by atoms with Gasteiger partial charge in [-0.15, -0.1) is 0 Å². The first-order chi connectivity index (χ1) is 11.2. The van der Waals surface area contributed by atoms with Crippen LogP contribution in [0, 0.1) is 11.8 Å². The predicted molar refractivity (Wildman–Crippen MR) is 111 cm³/mol. The van der Waals surface area contributed by atoms with Crippen molar-refractivity contribution in [1.82, 2.24) is 9.80 Å². The van der Waals surface area contributed by atoms with E-state index < -0.39 is 0 Å². The van der Waals surface area contributed by atoms with Crippen molar-refractivity contribution in [2.75, 3.05) is 26.2 Å². The van der Waals surface area contributed by atoms with Crippen LogP contribution in [-0.4, -0.2) is 48.1 Å². The SMILES string of the molecule is CC(C)CCCN(C(C)C)C(C)C.CC(C)CCCN1CCCC1. The molecular weight excluding hydrogens is 292 g/mol. The first-order valence-electron chi connectivity index (χ1n) is 10.7. The Kier molecular flexibility index (Phi) is 14.1. The van der Waals surface area contributed by atoms with Crippen LogP contribution in [-0.2, 0) is 0 Å². The molecule has 24 heavy (non-hydrogen) atoms. The molecule has 2 nitrogen and oxygen atoms in total. The summed E-state index contributed by atoms with van der Waals surface area (Å²) in [6.45, 7) is 23.7. The Bertz CT molecular complexity index is 257. The molecule has 0 radical (unpaired) electrons. The molecule has 0 aromatic carbocycles. The van der Waals surface area contributed by atoms with E-state index in [0.29, 0.717) is 12.1 Å². The number of likely N-dealkylation sites (tertiary alicyclic amines) is 1. The van der Waals surface area contributed by atoms with E-state index in [-0.39, 0.29) is 0 Å². The number of hydrogen-bond donors (Lipinski definition) is 0. The second-order valence-electron chi connectivity index (χ2n) is 9.05. The van der Waals surface area contributed by atoms with Gasteiger partial charge < -0.3 is 4.90 Å². The summed E-state index contributed by atoms with van der Waals surface area (Å²) in [5, 5.41) is 0. The van der Waals surface area contributed by atoms with E-state index >= 15 is 0 Å². The highest BCUT2D eigenvalue weighted by atomic mass is 15.2. The fraction of sp³-hybridized carbons (Fsp3) is 1.00. The normalized spacial score (nSPS) is 15.9. The molecule has 0 atom stereocenters. The fourth-order valence-corrected chi connectivity index (χ4v) is 3.52. The first-order valence-corrected chi connectivity index (χ1v) is 10.7. The molecule has 1 rings (SSSR count). The van der Waals surface area contributed by atoms with Gasteiger partial charge in [0.1, 0.15) is 0 Å². The zero-order chi connectivity index (χ0) is 18.5. The van der Waals surface area contributed by atoms with Crippen LogP contribution < -0.4 is 0 Å². The maximum Gasteiger partial charge on any atom is 0.00412 e. The predicted octanol–water partition coefficient (Wildman–Crippen LogP) is 6.06. The summed E-state index contributed by atoms with van der Waals surface area (Å²) in [4.78, 5) is 5.17. The molecule has 0 bridgehead atoms. The Labute approximate surface area is 154 Å². The lowest BCUT2D eigenvalue weighted by Gasteiger charge is -2.30. The van der Waals surface area contributed by atoms with Gasteiger partial charge in [-0.1, -0.05) is 27.7 Å². The summed E-state index contributed by atoms with van der Waals surface area (Å²) in [6, 6.07) is 1.37. The van der Waals surface area contributed by atoms with Gasteiger partial charge in [-0.25, -0.2) is 0 Å². The lowest BCUT2D eigenvalue weighted by Crippen LogP contribution is -2.37. The molecule has 0 aliphatic carbocycles. The van der Waals surface area contributed by atoms with Crippen LogP contribution in [0.4, 0.5) is 0 Å². The molecule has 0 spiro atoms. The van der Waals surface area contributed by atoms with Crippen molar-refractivity contribution < 1.29 is 0 Å². The van der Waals surface area contributed by atoms with E-state index in [1.54, 1.807) is 0 Å². The largest absolute Gasteiger partial charge is 0.303 e. The highest BCUT2D eigenvalue weighted by Gasteiger charge is 2.12. The van der Waals surface area contributed by atoms with Gasteiger partial charge in [-0.3, -0.25) is 4.90 Å². The van der Waals surface area contributed by atoms with Crippen molar-refractivity contribution in [2.24, 2.45) is 11.8 Å². The van der Waals surface area contributed by atoms with Gasteiger partial charge in [0.15, 0.2) is 0 Å². The Hall–Kier alpha value is -0.0800. The minimum atomic E-state index is 0.687. The van der Waals surface area contributed by atoms with Gasteiger partial charge in [0, 0.05) is 12.1 Å². The average Bonchev–Trinajstić information content (AvgIpc) is 2.96. The van der Waals surface area contributed by atoms with Crippen LogP contribution in [0.5, 0.6) is 0 Å². The van der Waals surface area contributed by atoms with Crippen molar-refractivity contribution >= 4 is 0 Å². The zero-order valence-corrected chi connectivity index (χ0v) is 18.3. The molecule has 0 aromatic rings. The molecule has 1 aliphatic rings. The van der Waals surface area contributed by atoms with Crippen LogP contribution in [0.15, 0.2) is 0 Å². The van der Waals surface area contributed by atoms with Crippen molar-refractivity contribution in [1.29, 1.82) is 0 Å².